The molecule has 6 nitrogen and oxygen atoms in total. The summed E-state index contributed by atoms with van der Waals surface area (Å²) in [5.74, 6) is -2.52. The van der Waals surface area contributed by atoms with Gasteiger partial charge in [0.1, 0.15) is 6.61 Å². The van der Waals surface area contributed by atoms with Gasteiger partial charge in [-0.3, -0.25) is 4.79 Å². The molecule has 0 aromatic heterocycles. The first-order chi connectivity index (χ1) is 9.90. The molecule has 0 aliphatic rings. The molecule has 0 heterocycles. The molecular weight excluding hydrogens is 274 g/mol. The van der Waals surface area contributed by atoms with Crippen LogP contribution in [0.2, 0.25) is 0 Å². The van der Waals surface area contributed by atoms with E-state index in [4.69, 9.17) is 9.84 Å². The SMILES string of the molecule is CC(C)[C@@H](CC(=O)C(=O)O)NC(=O)OCc1ccccc1. The van der Waals surface area contributed by atoms with Gasteiger partial charge in [-0.15, -0.1) is 0 Å². The van der Waals surface area contributed by atoms with Crippen LogP contribution in [0.15, 0.2) is 30.3 Å². The van der Waals surface area contributed by atoms with Crippen LogP contribution >= 0.6 is 0 Å². The van der Waals surface area contributed by atoms with E-state index in [-0.39, 0.29) is 18.9 Å². The number of ether oxygens (including phenoxy) is 1. The molecule has 6 heteroatoms. The van der Waals surface area contributed by atoms with Crippen LogP contribution in [-0.4, -0.2) is 29.0 Å². The fourth-order valence-electron chi connectivity index (χ4n) is 1.66. The smallest absolute Gasteiger partial charge is 0.407 e. The molecule has 114 valence electrons. The Balaban J connectivity index is 2.49. The van der Waals surface area contributed by atoms with Crippen molar-refractivity contribution in [3.8, 4) is 0 Å². The van der Waals surface area contributed by atoms with Crippen LogP contribution in [0.3, 0.4) is 0 Å². The van der Waals surface area contributed by atoms with Gasteiger partial charge >= 0.3 is 12.1 Å². The van der Waals surface area contributed by atoms with Crippen LogP contribution in [0.5, 0.6) is 0 Å². The number of hydrogen-bond donors (Lipinski definition) is 2. The molecule has 0 aliphatic heterocycles. The Hall–Kier alpha value is -2.37. The van der Waals surface area contributed by atoms with Crippen LogP contribution in [0.4, 0.5) is 4.79 Å². The Kier molecular flexibility index (Phi) is 6.39. The summed E-state index contributed by atoms with van der Waals surface area (Å²) >= 11 is 0. The third-order valence-corrected chi connectivity index (χ3v) is 2.96. The number of ketones is 1. The highest BCUT2D eigenvalue weighted by atomic mass is 16.5. The quantitative estimate of drug-likeness (QED) is 0.750. The van der Waals surface area contributed by atoms with Crippen molar-refractivity contribution < 1.29 is 24.2 Å². The number of carboxylic acids is 1. The molecule has 0 bridgehead atoms. The second-order valence-electron chi connectivity index (χ2n) is 4.99. The zero-order valence-corrected chi connectivity index (χ0v) is 12.0. The van der Waals surface area contributed by atoms with Gasteiger partial charge in [0.2, 0.25) is 5.78 Å². The van der Waals surface area contributed by atoms with Gasteiger partial charge in [-0.1, -0.05) is 44.2 Å². The fourth-order valence-corrected chi connectivity index (χ4v) is 1.66. The van der Waals surface area contributed by atoms with Crippen LogP contribution in [-0.2, 0) is 20.9 Å². The van der Waals surface area contributed by atoms with Crippen molar-refractivity contribution in [2.45, 2.75) is 32.9 Å². The predicted octanol–water partition coefficient (Wildman–Crippen LogP) is 1.98. The molecule has 0 saturated heterocycles. The highest BCUT2D eigenvalue weighted by Gasteiger charge is 2.23. The number of aliphatic carboxylic acids is 1. The van der Waals surface area contributed by atoms with Gasteiger partial charge in [-0.05, 0) is 11.5 Å². The minimum absolute atomic E-state index is 0.0856. The monoisotopic (exact) mass is 293 g/mol. The van der Waals surface area contributed by atoms with E-state index in [1.807, 2.05) is 30.3 Å². The summed E-state index contributed by atoms with van der Waals surface area (Å²) in [7, 11) is 0. The van der Waals surface area contributed by atoms with Crippen molar-refractivity contribution in [1.82, 2.24) is 5.32 Å². The summed E-state index contributed by atoms with van der Waals surface area (Å²) in [6, 6.07) is 8.59. The standard InChI is InChI=1S/C15H19NO5/c1-10(2)12(8-13(17)14(18)19)16-15(20)21-9-11-6-4-3-5-7-11/h3-7,10,12H,8-9H2,1-2H3,(H,16,20)(H,18,19)/t12-/m1/s1. The lowest BCUT2D eigenvalue weighted by molar-refractivity contribution is -0.149. The summed E-state index contributed by atoms with van der Waals surface area (Å²) < 4.78 is 5.04. The number of amides is 1. The fraction of sp³-hybridized carbons (Fsp3) is 0.400. The Morgan fingerprint density at radius 2 is 1.81 bits per heavy atom. The van der Waals surface area contributed by atoms with Crippen LogP contribution in [0.25, 0.3) is 0 Å². The molecule has 0 saturated carbocycles. The number of hydrogen-bond acceptors (Lipinski definition) is 4. The van der Waals surface area contributed by atoms with Gasteiger partial charge in [-0.25, -0.2) is 9.59 Å². The number of nitrogens with one attached hydrogen (secondary N) is 1. The molecule has 1 rings (SSSR count). The highest BCUT2D eigenvalue weighted by Crippen LogP contribution is 2.08. The van der Waals surface area contributed by atoms with Crippen LogP contribution in [0, 0.1) is 5.92 Å². The van der Waals surface area contributed by atoms with Gasteiger partial charge in [0.15, 0.2) is 0 Å². The molecule has 0 spiro atoms. The molecule has 2 N–H and O–H groups in total. The van der Waals surface area contributed by atoms with Crippen LogP contribution in [0.1, 0.15) is 25.8 Å². The molecule has 0 fully saturated rings. The second kappa shape index (κ2) is 8.04. The van der Waals surface area contributed by atoms with Gasteiger partial charge in [0.05, 0.1) is 0 Å². The zero-order valence-electron chi connectivity index (χ0n) is 12.0. The van der Waals surface area contributed by atoms with Crippen molar-refractivity contribution in [3.05, 3.63) is 35.9 Å². The van der Waals surface area contributed by atoms with Gasteiger partial charge in [0.25, 0.3) is 0 Å². The molecule has 21 heavy (non-hydrogen) atoms. The lowest BCUT2D eigenvalue weighted by atomic mass is 9.99. The molecule has 1 atom stereocenters. The number of rotatable bonds is 7. The first-order valence-electron chi connectivity index (χ1n) is 6.63. The van der Waals surface area contributed by atoms with E-state index in [0.29, 0.717) is 0 Å². The predicted molar refractivity (Wildman–Crippen MR) is 75.6 cm³/mol. The number of Topliss-reactive ketones (excluding diaryl/α,β-unsaturated/α-hetero) is 1. The highest BCUT2D eigenvalue weighted by molar-refractivity contribution is 6.32. The van der Waals surface area contributed by atoms with Crippen molar-refractivity contribution in [2.75, 3.05) is 0 Å². The number of benzene rings is 1. The molecule has 1 aromatic rings. The average Bonchev–Trinajstić information content (AvgIpc) is 2.45. The Morgan fingerprint density at radius 1 is 1.19 bits per heavy atom. The van der Waals surface area contributed by atoms with Crippen molar-refractivity contribution in [1.29, 1.82) is 0 Å². The first kappa shape index (κ1) is 16.7. The third kappa shape index (κ3) is 6.07. The summed E-state index contributed by atoms with van der Waals surface area (Å²) in [6.07, 6.45) is -0.927. The average molecular weight is 293 g/mol. The van der Waals surface area contributed by atoms with Crippen molar-refractivity contribution in [3.63, 3.8) is 0 Å². The lowest BCUT2D eigenvalue weighted by Crippen LogP contribution is -2.41. The summed E-state index contributed by atoms with van der Waals surface area (Å²) in [4.78, 5) is 33.5. The Labute approximate surface area is 123 Å². The summed E-state index contributed by atoms with van der Waals surface area (Å²) in [5.41, 5.74) is 0.843. The number of alkyl carbamates (subject to hydrolysis) is 1. The molecule has 0 aliphatic carbocycles. The second-order valence-corrected chi connectivity index (χ2v) is 4.99. The number of carboxylic acid groups (broad SMARTS) is 1. The molecular formula is C15H19NO5. The lowest BCUT2D eigenvalue weighted by Gasteiger charge is -2.20. The van der Waals surface area contributed by atoms with Gasteiger partial charge in [0, 0.05) is 12.5 Å². The zero-order chi connectivity index (χ0) is 15.8. The van der Waals surface area contributed by atoms with E-state index in [1.165, 1.54) is 0 Å². The van der Waals surface area contributed by atoms with Crippen molar-refractivity contribution >= 4 is 17.8 Å². The summed E-state index contributed by atoms with van der Waals surface area (Å²) in [5, 5.41) is 11.1. The maximum Gasteiger partial charge on any atom is 0.407 e. The molecule has 0 unspecified atom stereocenters. The maximum absolute atomic E-state index is 11.7. The topological polar surface area (TPSA) is 92.7 Å². The molecule has 1 amide bonds. The first-order valence-corrected chi connectivity index (χ1v) is 6.63. The van der Waals surface area contributed by atoms with E-state index >= 15 is 0 Å². The van der Waals surface area contributed by atoms with Crippen LogP contribution < -0.4 is 5.32 Å². The van der Waals surface area contributed by atoms with Gasteiger partial charge in [-0.2, -0.15) is 0 Å². The van der Waals surface area contributed by atoms with E-state index in [9.17, 15) is 14.4 Å². The minimum Gasteiger partial charge on any atom is -0.476 e. The van der Waals surface area contributed by atoms with E-state index in [1.54, 1.807) is 13.8 Å². The minimum atomic E-state index is -1.50. The Bertz CT molecular complexity index is 498. The number of carbonyl (C=O) groups is 3. The van der Waals surface area contributed by atoms with E-state index in [2.05, 4.69) is 5.32 Å². The van der Waals surface area contributed by atoms with Crippen molar-refractivity contribution in [2.24, 2.45) is 5.92 Å². The largest absolute Gasteiger partial charge is 0.476 e. The summed E-state index contributed by atoms with van der Waals surface area (Å²) in [6.45, 7) is 3.69. The molecule has 0 radical (unpaired) electrons. The molecule has 1 aromatic carbocycles. The third-order valence-electron chi connectivity index (χ3n) is 2.96. The Morgan fingerprint density at radius 3 is 2.33 bits per heavy atom. The van der Waals surface area contributed by atoms with E-state index < -0.39 is 23.9 Å². The maximum atomic E-state index is 11.7. The van der Waals surface area contributed by atoms with E-state index in [0.717, 1.165) is 5.56 Å². The number of carbonyl (C=O) groups excluding carboxylic acids is 2. The normalized spacial score (nSPS) is 11.8. The van der Waals surface area contributed by atoms with Gasteiger partial charge < -0.3 is 15.2 Å².